The molecule has 2 aromatic carbocycles. The van der Waals surface area contributed by atoms with Crippen LogP contribution in [-0.4, -0.2) is 25.0 Å². The number of anilines is 2. The van der Waals surface area contributed by atoms with Gasteiger partial charge >= 0.3 is 0 Å². The molecule has 1 N–H and O–H groups in total. The molecule has 0 saturated carbocycles. The predicted octanol–water partition coefficient (Wildman–Crippen LogP) is 3.37. The summed E-state index contributed by atoms with van der Waals surface area (Å²) in [4.78, 5) is 25.6. The molecule has 1 aliphatic heterocycles. The fourth-order valence-electron chi connectivity index (χ4n) is 2.79. The number of amides is 2. The molecule has 1 saturated heterocycles. The zero-order chi connectivity index (χ0) is 19.1. The van der Waals surface area contributed by atoms with Gasteiger partial charge in [0.2, 0.25) is 11.8 Å². The lowest BCUT2D eigenvalue weighted by atomic mass is 10.2. The van der Waals surface area contributed by atoms with Gasteiger partial charge in [-0.1, -0.05) is 12.1 Å². The highest BCUT2D eigenvalue weighted by atomic mass is 16.5. The van der Waals surface area contributed by atoms with Gasteiger partial charge in [0, 0.05) is 30.4 Å². The van der Waals surface area contributed by atoms with E-state index in [1.165, 1.54) is 6.08 Å². The van der Waals surface area contributed by atoms with Crippen molar-refractivity contribution in [1.82, 2.24) is 0 Å². The third-order valence-corrected chi connectivity index (χ3v) is 4.13. The number of ether oxygens (including phenoxy) is 1. The van der Waals surface area contributed by atoms with Crippen molar-refractivity contribution in [3.63, 3.8) is 0 Å². The molecule has 0 bridgehead atoms. The van der Waals surface area contributed by atoms with Crippen molar-refractivity contribution in [3.8, 4) is 11.8 Å². The Morgan fingerprint density at radius 3 is 2.56 bits per heavy atom. The van der Waals surface area contributed by atoms with E-state index in [9.17, 15) is 9.59 Å². The second kappa shape index (κ2) is 8.68. The molecule has 0 aromatic heterocycles. The van der Waals surface area contributed by atoms with Crippen LogP contribution >= 0.6 is 0 Å². The van der Waals surface area contributed by atoms with Gasteiger partial charge in [0.25, 0.3) is 0 Å². The maximum absolute atomic E-state index is 12.1. The topological polar surface area (TPSA) is 82.4 Å². The molecule has 6 heteroatoms. The van der Waals surface area contributed by atoms with Crippen molar-refractivity contribution in [1.29, 1.82) is 5.26 Å². The van der Waals surface area contributed by atoms with E-state index in [1.54, 1.807) is 47.4 Å². The highest BCUT2D eigenvalue weighted by Crippen LogP contribution is 2.23. The Labute approximate surface area is 157 Å². The maximum Gasteiger partial charge on any atom is 0.248 e. The van der Waals surface area contributed by atoms with Gasteiger partial charge in [-0.3, -0.25) is 9.59 Å². The lowest BCUT2D eigenvalue weighted by Gasteiger charge is -2.15. The first-order valence-electron chi connectivity index (χ1n) is 8.65. The molecule has 27 heavy (non-hydrogen) atoms. The summed E-state index contributed by atoms with van der Waals surface area (Å²) < 4.78 is 5.18. The fraction of sp³-hybridized carbons (Fsp3) is 0.190. The molecule has 1 aliphatic rings. The smallest absolute Gasteiger partial charge is 0.248 e. The van der Waals surface area contributed by atoms with Crippen molar-refractivity contribution < 1.29 is 14.3 Å². The van der Waals surface area contributed by atoms with Crippen LogP contribution in [0.3, 0.4) is 0 Å². The van der Waals surface area contributed by atoms with Gasteiger partial charge in [-0.25, -0.2) is 0 Å². The summed E-state index contributed by atoms with van der Waals surface area (Å²) in [6.07, 6.45) is 4.62. The molecular formula is C21H19N3O3. The molecule has 2 aromatic rings. The number of nitriles is 1. The van der Waals surface area contributed by atoms with E-state index < -0.39 is 0 Å². The minimum Gasteiger partial charge on any atom is -0.479 e. The Balaban J connectivity index is 1.55. The van der Waals surface area contributed by atoms with Crippen LogP contribution in [0.15, 0.2) is 54.6 Å². The molecule has 2 amide bonds. The van der Waals surface area contributed by atoms with Gasteiger partial charge in [0.1, 0.15) is 11.8 Å². The lowest BCUT2D eigenvalue weighted by Crippen LogP contribution is -2.23. The summed E-state index contributed by atoms with van der Waals surface area (Å²) in [6.45, 7) is 0.746. The van der Waals surface area contributed by atoms with E-state index in [-0.39, 0.29) is 18.4 Å². The average Bonchev–Trinajstić information content (AvgIpc) is 3.12. The predicted molar refractivity (Wildman–Crippen MR) is 103 cm³/mol. The van der Waals surface area contributed by atoms with E-state index in [4.69, 9.17) is 10.00 Å². The maximum atomic E-state index is 12.1. The van der Waals surface area contributed by atoms with Gasteiger partial charge in [-0.05, 0) is 54.5 Å². The van der Waals surface area contributed by atoms with Gasteiger partial charge in [0.15, 0.2) is 6.61 Å². The summed E-state index contributed by atoms with van der Waals surface area (Å²) in [6, 6.07) is 16.2. The van der Waals surface area contributed by atoms with E-state index in [1.807, 2.05) is 18.2 Å². The minimum absolute atomic E-state index is 0.00228. The van der Waals surface area contributed by atoms with Crippen LogP contribution in [0.1, 0.15) is 18.4 Å². The Morgan fingerprint density at radius 1 is 1.19 bits per heavy atom. The number of benzene rings is 2. The monoisotopic (exact) mass is 361 g/mol. The number of hydrogen-bond acceptors (Lipinski definition) is 4. The summed E-state index contributed by atoms with van der Waals surface area (Å²) in [7, 11) is 0. The fourth-order valence-corrected chi connectivity index (χ4v) is 2.79. The Hall–Kier alpha value is -3.59. The molecule has 1 heterocycles. The van der Waals surface area contributed by atoms with E-state index in [0.717, 1.165) is 24.2 Å². The molecule has 3 rings (SSSR count). The minimum atomic E-state index is -0.246. The Kier molecular flexibility index (Phi) is 5.85. The van der Waals surface area contributed by atoms with Crippen molar-refractivity contribution in [3.05, 3.63) is 60.2 Å². The molecule has 0 aliphatic carbocycles. The van der Waals surface area contributed by atoms with Crippen LogP contribution in [0.4, 0.5) is 11.4 Å². The van der Waals surface area contributed by atoms with Crippen molar-refractivity contribution >= 4 is 29.3 Å². The van der Waals surface area contributed by atoms with Crippen LogP contribution in [0, 0.1) is 11.3 Å². The molecule has 1 fully saturated rings. The molecule has 0 unspecified atom stereocenters. The number of nitrogens with one attached hydrogen (secondary N) is 1. The molecular weight excluding hydrogens is 342 g/mol. The third kappa shape index (κ3) is 4.95. The number of carbonyl (C=O) groups is 2. The molecule has 0 spiro atoms. The largest absolute Gasteiger partial charge is 0.479 e. The lowest BCUT2D eigenvalue weighted by molar-refractivity contribution is -0.117. The molecule has 136 valence electrons. The Bertz CT molecular complexity index is 880. The Morgan fingerprint density at radius 2 is 1.93 bits per heavy atom. The number of hydrogen-bond donors (Lipinski definition) is 1. The van der Waals surface area contributed by atoms with Crippen LogP contribution in [0.5, 0.6) is 5.75 Å². The second-order valence-corrected chi connectivity index (χ2v) is 6.03. The van der Waals surface area contributed by atoms with Gasteiger partial charge in [0.05, 0.1) is 0 Å². The highest BCUT2D eigenvalue weighted by molar-refractivity contribution is 6.02. The first-order valence-corrected chi connectivity index (χ1v) is 8.65. The first kappa shape index (κ1) is 18.2. The van der Waals surface area contributed by atoms with Crippen molar-refractivity contribution in [2.24, 2.45) is 0 Å². The molecule has 0 radical (unpaired) electrons. The quantitative estimate of drug-likeness (QED) is 0.800. The van der Waals surface area contributed by atoms with Crippen molar-refractivity contribution in [2.75, 3.05) is 23.4 Å². The second-order valence-electron chi connectivity index (χ2n) is 6.03. The number of rotatable bonds is 6. The zero-order valence-corrected chi connectivity index (χ0v) is 14.7. The molecule has 6 nitrogen and oxygen atoms in total. The van der Waals surface area contributed by atoms with Crippen LogP contribution < -0.4 is 15.0 Å². The van der Waals surface area contributed by atoms with Crippen LogP contribution in [0.25, 0.3) is 6.08 Å². The summed E-state index contributed by atoms with van der Waals surface area (Å²) in [5, 5.41) is 11.3. The van der Waals surface area contributed by atoms with Crippen LogP contribution in [0.2, 0.25) is 0 Å². The third-order valence-electron chi connectivity index (χ3n) is 4.13. The normalized spacial score (nSPS) is 13.6. The summed E-state index contributed by atoms with van der Waals surface area (Å²) in [5.74, 6) is 0.498. The van der Waals surface area contributed by atoms with Gasteiger partial charge in [-0.15, -0.1) is 0 Å². The first-order chi connectivity index (χ1) is 13.2. The van der Waals surface area contributed by atoms with Gasteiger partial charge < -0.3 is 15.0 Å². The zero-order valence-electron chi connectivity index (χ0n) is 14.7. The summed E-state index contributed by atoms with van der Waals surface area (Å²) >= 11 is 0. The van der Waals surface area contributed by atoms with E-state index in [0.29, 0.717) is 17.9 Å². The van der Waals surface area contributed by atoms with Gasteiger partial charge in [-0.2, -0.15) is 5.26 Å². The highest BCUT2D eigenvalue weighted by Gasteiger charge is 2.21. The van der Waals surface area contributed by atoms with E-state index >= 15 is 0 Å². The van der Waals surface area contributed by atoms with Crippen molar-refractivity contribution in [2.45, 2.75) is 12.8 Å². The summed E-state index contributed by atoms with van der Waals surface area (Å²) in [5.41, 5.74) is 2.36. The number of carbonyl (C=O) groups excluding carboxylic acids is 2. The number of nitrogens with zero attached hydrogens (tertiary/aromatic N) is 2. The standard InChI is InChI=1S/C21H19N3O3/c22-13-15-27-19-10-3-16(4-11-19)5-12-20(25)23-17-6-8-18(9-7-17)24-14-1-2-21(24)26/h3-12H,1-2,14-15H2,(H,23,25)/b12-5+. The SMILES string of the molecule is N#CCOc1ccc(/C=C/C(=O)Nc2ccc(N3CCCC3=O)cc2)cc1. The molecule has 0 atom stereocenters. The van der Waals surface area contributed by atoms with E-state index in [2.05, 4.69) is 5.32 Å². The van der Waals surface area contributed by atoms with Crippen LogP contribution in [-0.2, 0) is 9.59 Å². The average molecular weight is 361 g/mol.